The van der Waals surface area contributed by atoms with Crippen molar-refractivity contribution in [3.05, 3.63) is 54.6 Å². The minimum Gasteiger partial charge on any atom is -0.307 e. The summed E-state index contributed by atoms with van der Waals surface area (Å²) in [5, 5.41) is 8.28. The summed E-state index contributed by atoms with van der Waals surface area (Å²) in [6.45, 7) is 0. The molecular weight excluding hydrogens is 200 g/mol. The monoisotopic (exact) mass is 214 g/mol. The standard InChI is InChI=1S/C12H14N4/c13-12(14)8-6-11(7-9-12)16-15-10-4-2-1-3-5-10/h1-9,11H,13-14H2. The Morgan fingerprint density at radius 1 is 1.00 bits per heavy atom. The van der Waals surface area contributed by atoms with E-state index in [2.05, 4.69) is 10.2 Å². The fraction of sp³-hybridized carbons (Fsp3) is 0.167. The maximum Gasteiger partial charge on any atom is 0.108 e. The van der Waals surface area contributed by atoms with Crippen LogP contribution in [0.1, 0.15) is 0 Å². The summed E-state index contributed by atoms with van der Waals surface area (Å²) >= 11 is 0. The highest BCUT2D eigenvalue weighted by Crippen LogP contribution is 2.14. The molecule has 0 radical (unpaired) electrons. The average molecular weight is 214 g/mol. The largest absolute Gasteiger partial charge is 0.307 e. The molecule has 0 amide bonds. The summed E-state index contributed by atoms with van der Waals surface area (Å²) in [5.41, 5.74) is 11.3. The minimum absolute atomic E-state index is 0.0829. The van der Waals surface area contributed by atoms with Crippen LogP contribution in [0.3, 0.4) is 0 Å². The lowest BCUT2D eigenvalue weighted by molar-refractivity contribution is 0.670. The Morgan fingerprint density at radius 2 is 1.62 bits per heavy atom. The molecule has 0 saturated heterocycles. The summed E-state index contributed by atoms with van der Waals surface area (Å²) in [6, 6.07) is 9.50. The highest BCUT2D eigenvalue weighted by Gasteiger charge is 2.15. The average Bonchev–Trinajstić information content (AvgIpc) is 2.29. The van der Waals surface area contributed by atoms with Crippen molar-refractivity contribution in [1.29, 1.82) is 0 Å². The summed E-state index contributed by atoms with van der Waals surface area (Å²) < 4.78 is 0. The van der Waals surface area contributed by atoms with Gasteiger partial charge >= 0.3 is 0 Å². The van der Waals surface area contributed by atoms with E-state index < -0.39 is 5.66 Å². The molecule has 0 saturated carbocycles. The van der Waals surface area contributed by atoms with E-state index in [4.69, 9.17) is 11.5 Å². The Kier molecular flexibility index (Phi) is 2.94. The summed E-state index contributed by atoms with van der Waals surface area (Å²) in [4.78, 5) is 0. The molecule has 1 aromatic rings. The zero-order valence-electron chi connectivity index (χ0n) is 8.82. The Morgan fingerprint density at radius 3 is 2.25 bits per heavy atom. The molecule has 1 aliphatic carbocycles. The first-order valence-corrected chi connectivity index (χ1v) is 5.08. The SMILES string of the molecule is NC1(N)C=CC(N=Nc2ccccc2)C=C1. The smallest absolute Gasteiger partial charge is 0.108 e. The van der Waals surface area contributed by atoms with Crippen LogP contribution in [-0.2, 0) is 0 Å². The van der Waals surface area contributed by atoms with E-state index in [1.54, 1.807) is 12.2 Å². The molecule has 16 heavy (non-hydrogen) atoms. The van der Waals surface area contributed by atoms with Gasteiger partial charge in [-0.3, -0.25) is 0 Å². The highest BCUT2D eigenvalue weighted by atomic mass is 15.1. The first-order valence-electron chi connectivity index (χ1n) is 5.08. The predicted molar refractivity (Wildman–Crippen MR) is 64.1 cm³/mol. The first kappa shape index (κ1) is 10.7. The summed E-state index contributed by atoms with van der Waals surface area (Å²) in [5.74, 6) is 0. The van der Waals surface area contributed by atoms with Crippen LogP contribution < -0.4 is 11.5 Å². The van der Waals surface area contributed by atoms with Gasteiger partial charge in [-0.2, -0.15) is 10.2 Å². The molecule has 82 valence electrons. The van der Waals surface area contributed by atoms with E-state index in [-0.39, 0.29) is 6.04 Å². The molecule has 4 nitrogen and oxygen atoms in total. The van der Waals surface area contributed by atoms with Crippen molar-refractivity contribution in [2.75, 3.05) is 0 Å². The van der Waals surface area contributed by atoms with Crippen LogP contribution in [0.15, 0.2) is 64.9 Å². The molecule has 4 N–H and O–H groups in total. The molecule has 1 aromatic carbocycles. The van der Waals surface area contributed by atoms with Gasteiger partial charge in [0.1, 0.15) is 11.7 Å². The van der Waals surface area contributed by atoms with E-state index in [1.165, 1.54) is 0 Å². The van der Waals surface area contributed by atoms with Crippen molar-refractivity contribution in [2.45, 2.75) is 11.7 Å². The van der Waals surface area contributed by atoms with E-state index in [0.29, 0.717) is 0 Å². The molecule has 0 aliphatic heterocycles. The Labute approximate surface area is 94.4 Å². The predicted octanol–water partition coefficient (Wildman–Crippen LogP) is 1.88. The number of nitrogens with two attached hydrogens (primary N) is 2. The number of rotatable bonds is 2. The van der Waals surface area contributed by atoms with Gasteiger partial charge in [0, 0.05) is 0 Å². The maximum absolute atomic E-state index is 5.68. The van der Waals surface area contributed by atoms with Crippen molar-refractivity contribution in [1.82, 2.24) is 0 Å². The zero-order chi connectivity index (χ0) is 11.4. The summed E-state index contributed by atoms with van der Waals surface area (Å²) in [6.07, 6.45) is 7.13. The topological polar surface area (TPSA) is 76.8 Å². The van der Waals surface area contributed by atoms with Gasteiger partial charge in [0.2, 0.25) is 0 Å². The minimum atomic E-state index is -0.848. The van der Waals surface area contributed by atoms with Crippen LogP contribution >= 0.6 is 0 Å². The van der Waals surface area contributed by atoms with Crippen LogP contribution in [0.25, 0.3) is 0 Å². The van der Waals surface area contributed by atoms with E-state index in [9.17, 15) is 0 Å². The van der Waals surface area contributed by atoms with Gasteiger partial charge in [-0.25, -0.2) is 0 Å². The van der Waals surface area contributed by atoms with Crippen LogP contribution in [0.4, 0.5) is 5.69 Å². The molecule has 4 heteroatoms. The van der Waals surface area contributed by atoms with Crippen molar-refractivity contribution in [3.8, 4) is 0 Å². The number of azo groups is 1. The number of nitrogens with zero attached hydrogens (tertiary/aromatic N) is 2. The maximum atomic E-state index is 5.68. The van der Waals surface area contributed by atoms with Gasteiger partial charge < -0.3 is 11.5 Å². The Balaban J connectivity index is 2.03. The normalized spacial score (nSPS) is 19.4. The van der Waals surface area contributed by atoms with Gasteiger partial charge in [-0.15, -0.1) is 0 Å². The number of hydrogen-bond acceptors (Lipinski definition) is 4. The third kappa shape index (κ3) is 2.85. The molecule has 0 spiro atoms. The molecule has 2 rings (SSSR count). The van der Waals surface area contributed by atoms with E-state index >= 15 is 0 Å². The third-order valence-electron chi connectivity index (χ3n) is 2.23. The van der Waals surface area contributed by atoms with E-state index in [1.807, 2.05) is 42.5 Å². The zero-order valence-corrected chi connectivity index (χ0v) is 8.82. The quantitative estimate of drug-likeness (QED) is 0.448. The fourth-order valence-corrected chi connectivity index (χ4v) is 1.36. The lowest BCUT2D eigenvalue weighted by atomic mass is 10.0. The van der Waals surface area contributed by atoms with E-state index in [0.717, 1.165) is 5.69 Å². The molecule has 0 heterocycles. The Hall–Kier alpha value is -1.78. The van der Waals surface area contributed by atoms with Crippen LogP contribution in [-0.4, -0.2) is 11.7 Å². The molecule has 0 bridgehead atoms. The van der Waals surface area contributed by atoms with Crippen molar-refractivity contribution in [2.24, 2.45) is 21.7 Å². The second-order valence-corrected chi connectivity index (χ2v) is 3.76. The van der Waals surface area contributed by atoms with Crippen LogP contribution in [0.5, 0.6) is 0 Å². The number of benzene rings is 1. The van der Waals surface area contributed by atoms with Gasteiger partial charge in [0.15, 0.2) is 0 Å². The fourth-order valence-electron chi connectivity index (χ4n) is 1.36. The van der Waals surface area contributed by atoms with Gasteiger partial charge in [0.25, 0.3) is 0 Å². The van der Waals surface area contributed by atoms with Crippen LogP contribution in [0, 0.1) is 0 Å². The van der Waals surface area contributed by atoms with Gasteiger partial charge in [-0.1, -0.05) is 30.4 Å². The lowest BCUT2D eigenvalue weighted by Gasteiger charge is -2.19. The second-order valence-electron chi connectivity index (χ2n) is 3.76. The van der Waals surface area contributed by atoms with Gasteiger partial charge in [-0.05, 0) is 24.3 Å². The highest BCUT2D eigenvalue weighted by molar-refractivity contribution is 5.35. The lowest BCUT2D eigenvalue weighted by Crippen LogP contribution is -2.46. The molecular formula is C12H14N4. The van der Waals surface area contributed by atoms with Crippen molar-refractivity contribution < 1.29 is 0 Å². The number of hydrogen-bond donors (Lipinski definition) is 2. The van der Waals surface area contributed by atoms with Crippen LogP contribution in [0.2, 0.25) is 0 Å². The molecule has 0 fully saturated rings. The molecule has 0 aromatic heterocycles. The second kappa shape index (κ2) is 4.38. The molecule has 0 unspecified atom stereocenters. The first-order chi connectivity index (χ1) is 7.66. The summed E-state index contributed by atoms with van der Waals surface area (Å²) in [7, 11) is 0. The molecule has 0 atom stereocenters. The Bertz CT molecular complexity index is 416. The molecule has 1 aliphatic rings. The van der Waals surface area contributed by atoms with Gasteiger partial charge in [0.05, 0.1) is 5.69 Å². The third-order valence-corrected chi connectivity index (χ3v) is 2.23. The van der Waals surface area contributed by atoms with Crippen molar-refractivity contribution >= 4 is 5.69 Å². The van der Waals surface area contributed by atoms with Crippen molar-refractivity contribution in [3.63, 3.8) is 0 Å².